The second kappa shape index (κ2) is 4.61. The van der Waals surface area contributed by atoms with Gasteiger partial charge >= 0.3 is 5.97 Å². The smallest absolute Gasteiger partial charge is 0.303 e. The van der Waals surface area contributed by atoms with Crippen molar-refractivity contribution in [2.45, 2.75) is 81.4 Å². The van der Waals surface area contributed by atoms with Crippen LogP contribution < -0.4 is 0 Å². The van der Waals surface area contributed by atoms with Gasteiger partial charge in [0.1, 0.15) is 41.7 Å². The predicted octanol–water partition coefficient (Wildman–Crippen LogP) is 0.715. The zero-order chi connectivity index (χ0) is 17.5. The van der Waals surface area contributed by atoms with Crippen LogP contribution in [0.3, 0.4) is 0 Å². The molecule has 3 saturated heterocycles. The van der Waals surface area contributed by atoms with Crippen LogP contribution in [-0.4, -0.2) is 58.4 Å². The number of ether oxygens (including phenoxy) is 4. The molecule has 1 aliphatic carbocycles. The maximum Gasteiger partial charge on any atom is 0.303 e. The van der Waals surface area contributed by atoms with Crippen molar-refractivity contribution in [1.29, 1.82) is 0 Å². The number of fused-ring (bicyclic) bond motifs is 2. The molecule has 6 heteroatoms. The Morgan fingerprint density at radius 3 is 2.54 bits per heavy atom. The Morgan fingerprint density at radius 1 is 1.21 bits per heavy atom. The van der Waals surface area contributed by atoms with Gasteiger partial charge in [0.2, 0.25) is 0 Å². The number of carbonyl (C=O) groups is 1. The molecule has 0 bridgehead atoms. The molecule has 7 atom stereocenters. The largest absolute Gasteiger partial charge is 0.459 e. The van der Waals surface area contributed by atoms with E-state index in [0.29, 0.717) is 12.0 Å². The van der Waals surface area contributed by atoms with Gasteiger partial charge in [0.05, 0.1) is 0 Å². The average Bonchev–Trinajstić information content (AvgIpc) is 3.34. The van der Waals surface area contributed by atoms with E-state index < -0.39 is 35.1 Å². The van der Waals surface area contributed by atoms with Gasteiger partial charge in [-0.25, -0.2) is 0 Å². The highest BCUT2D eigenvalue weighted by Crippen LogP contribution is 2.65. The molecule has 6 nitrogen and oxygen atoms in total. The van der Waals surface area contributed by atoms with Crippen molar-refractivity contribution in [3.8, 4) is 11.8 Å². The first kappa shape index (κ1) is 16.1. The molecule has 0 amide bonds. The maximum atomic E-state index is 11.4. The molecular weight excluding hydrogens is 312 g/mol. The molecule has 4 rings (SSSR count). The summed E-state index contributed by atoms with van der Waals surface area (Å²) in [6.45, 7) is 10.7. The zero-order valence-corrected chi connectivity index (χ0v) is 14.3. The van der Waals surface area contributed by atoms with E-state index in [0.717, 1.165) is 0 Å². The Labute approximate surface area is 141 Å². The van der Waals surface area contributed by atoms with Crippen LogP contribution in [0.15, 0.2) is 12.2 Å². The molecule has 1 N–H and O–H groups in total. The molecule has 1 spiro atoms. The molecular formula is C18H22O6. The number of epoxide rings is 2. The van der Waals surface area contributed by atoms with Crippen molar-refractivity contribution in [1.82, 2.24) is 0 Å². The number of rotatable bonds is 1. The maximum absolute atomic E-state index is 11.4. The van der Waals surface area contributed by atoms with Crippen LogP contribution in [0.4, 0.5) is 0 Å². The summed E-state index contributed by atoms with van der Waals surface area (Å²) in [5, 5.41) is 10.7. The van der Waals surface area contributed by atoms with E-state index in [4.69, 9.17) is 18.9 Å². The highest BCUT2D eigenvalue weighted by atomic mass is 16.7. The summed E-state index contributed by atoms with van der Waals surface area (Å²) in [7, 11) is 0. The van der Waals surface area contributed by atoms with Gasteiger partial charge in [0, 0.05) is 13.3 Å². The second-order valence-electron chi connectivity index (χ2n) is 7.74. The summed E-state index contributed by atoms with van der Waals surface area (Å²) in [5.41, 5.74) is -1.57. The van der Waals surface area contributed by atoms with E-state index in [1.807, 2.05) is 13.8 Å². The van der Waals surface area contributed by atoms with Crippen molar-refractivity contribution in [2.75, 3.05) is 0 Å². The van der Waals surface area contributed by atoms with Gasteiger partial charge in [0.15, 0.2) is 5.60 Å². The van der Waals surface area contributed by atoms with Crippen LogP contribution in [0.5, 0.6) is 0 Å². The predicted molar refractivity (Wildman–Crippen MR) is 82.9 cm³/mol. The molecule has 3 aliphatic heterocycles. The molecule has 3 heterocycles. The number of hydrogen-bond acceptors (Lipinski definition) is 6. The lowest BCUT2D eigenvalue weighted by Gasteiger charge is -2.46. The van der Waals surface area contributed by atoms with Gasteiger partial charge in [-0.15, -0.1) is 0 Å². The fourth-order valence-corrected chi connectivity index (χ4v) is 4.09. The van der Waals surface area contributed by atoms with Crippen molar-refractivity contribution in [3.05, 3.63) is 12.2 Å². The van der Waals surface area contributed by atoms with Crippen molar-refractivity contribution < 1.29 is 28.8 Å². The van der Waals surface area contributed by atoms with E-state index in [9.17, 15) is 9.90 Å². The van der Waals surface area contributed by atoms with E-state index in [1.54, 1.807) is 6.92 Å². The quantitative estimate of drug-likeness (QED) is 0.432. The number of esters is 1. The molecule has 0 aromatic heterocycles. The van der Waals surface area contributed by atoms with Crippen LogP contribution in [0.25, 0.3) is 0 Å². The topological polar surface area (TPSA) is 80.8 Å². The second-order valence-corrected chi connectivity index (χ2v) is 7.74. The van der Waals surface area contributed by atoms with E-state index in [1.165, 1.54) is 6.92 Å². The normalized spacial score (nSPS) is 49.5. The van der Waals surface area contributed by atoms with Gasteiger partial charge in [-0.1, -0.05) is 18.4 Å². The number of aliphatic hydroxyl groups is 1. The fraction of sp³-hybridized carbons (Fsp3) is 0.722. The standard InChI is InChI=1S/C18H22O6/c1-9(2)6-7-17-12(20)13-18(23-13)8-11(21-10(3)19)16(4,5)22-15(18)14(17)24-17/h11-15,20H,1,8H2,2-5H3/t11-,12+,13+,14+,15+,17-,18+/m1/s1. The van der Waals surface area contributed by atoms with Gasteiger partial charge in [-0.2, -0.15) is 0 Å². The van der Waals surface area contributed by atoms with Gasteiger partial charge < -0.3 is 24.1 Å². The first-order chi connectivity index (χ1) is 11.1. The number of hydrogen-bond donors (Lipinski definition) is 1. The van der Waals surface area contributed by atoms with Crippen molar-refractivity contribution >= 4 is 5.97 Å². The third-order valence-corrected chi connectivity index (χ3v) is 5.43. The van der Waals surface area contributed by atoms with E-state index in [-0.39, 0.29) is 18.2 Å². The monoisotopic (exact) mass is 334 g/mol. The van der Waals surface area contributed by atoms with Crippen molar-refractivity contribution in [2.24, 2.45) is 0 Å². The van der Waals surface area contributed by atoms with Gasteiger partial charge in [0.25, 0.3) is 0 Å². The Morgan fingerprint density at radius 2 is 1.92 bits per heavy atom. The highest BCUT2D eigenvalue weighted by molar-refractivity contribution is 5.66. The Bertz CT molecular complexity index is 687. The average molecular weight is 334 g/mol. The lowest BCUT2D eigenvalue weighted by Crippen LogP contribution is -2.63. The lowest BCUT2D eigenvalue weighted by molar-refractivity contribution is -0.219. The fourth-order valence-electron chi connectivity index (χ4n) is 4.09. The number of carbonyl (C=O) groups excluding carboxylic acids is 1. The molecule has 4 fully saturated rings. The van der Waals surface area contributed by atoms with Crippen LogP contribution >= 0.6 is 0 Å². The SMILES string of the molecule is C=C(C)C#C[C@]12O[C@H]1[C@@H]1OC(C)(C)[C@H](OC(C)=O)C[C@@]13O[C@H]3[C@@H]2O. The summed E-state index contributed by atoms with van der Waals surface area (Å²) in [4.78, 5) is 11.4. The molecule has 0 unspecified atom stereocenters. The molecule has 0 radical (unpaired) electrons. The first-order valence-corrected chi connectivity index (χ1v) is 8.20. The van der Waals surface area contributed by atoms with Gasteiger partial charge in [-0.05, 0) is 26.3 Å². The zero-order valence-electron chi connectivity index (χ0n) is 14.3. The van der Waals surface area contributed by atoms with Crippen LogP contribution in [0.1, 0.15) is 34.1 Å². The molecule has 1 saturated carbocycles. The molecule has 0 aromatic carbocycles. The Balaban J connectivity index is 1.63. The summed E-state index contributed by atoms with van der Waals surface area (Å²) in [6.07, 6.45) is -1.92. The minimum Gasteiger partial charge on any atom is -0.459 e. The molecule has 24 heavy (non-hydrogen) atoms. The summed E-state index contributed by atoms with van der Waals surface area (Å²) in [6, 6.07) is 0. The molecule has 0 aromatic rings. The number of aliphatic hydroxyl groups excluding tert-OH is 1. The third kappa shape index (κ3) is 2.02. The first-order valence-electron chi connectivity index (χ1n) is 8.20. The summed E-state index contributed by atoms with van der Waals surface area (Å²) < 4.78 is 23.4. The van der Waals surface area contributed by atoms with Crippen LogP contribution in [-0.2, 0) is 23.7 Å². The molecule has 130 valence electrons. The summed E-state index contributed by atoms with van der Waals surface area (Å²) in [5.74, 6) is 5.56. The Kier molecular flexibility index (Phi) is 3.09. The highest BCUT2D eigenvalue weighted by Gasteiger charge is 2.86. The minimum absolute atomic E-state index is 0.341. The summed E-state index contributed by atoms with van der Waals surface area (Å²) >= 11 is 0. The third-order valence-electron chi connectivity index (χ3n) is 5.43. The molecule has 4 aliphatic rings. The van der Waals surface area contributed by atoms with Crippen LogP contribution in [0.2, 0.25) is 0 Å². The lowest BCUT2D eigenvalue weighted by atomic mass is 9.72. The van der Waals surface area contributed by atoms with Crippen LogP contribution in [0, 0.1) is 11.8 Å². The van der Waals surface area contributed by atoms with Gasteiger partial charge in [-0.3, -0.25) is 4.79 Å². The Hall–Kier alpha value is -1.39. The van der Waals surface area contributed by atoms with Crippen molar-refractivity contribution in [3.63, 3.8) is 0 Å². The minimum atomic E-state index is -0.946. The van der Waals surface area contributed by atoms with E-state index in [2.05, 4.69) is 18.4 Å². The van der Waals surface area contributed by atoms with E-state index >= 15 is 0 Å². The number of allylic oxidation sites excluding steroid dienone is 1.